The van der Waals surface area contributed by atoms with Crippen molar-refractivity contribution in [2.24, 2.45) is 28.7 Å². The Kier molecular flexibility index (Phi) is 6.77. The van der Waals surface area contributed by atoms with E-state index in [1.165, 1.54) is 5.57 Å². The van der Waals surface area contributed by atoms with Crippen LogP contribution in [0.4, 0.5) is 0 Å². The van der Waals surface area contributed by atoms with Crippen LogP contribution in [0.5, 0.6) is 0 Å². The minimum absolute atomic E-state index is 0.00552. The second-order valence-corrected chi connectivity index (χ2v) is 13.8. The lowest BCUT2D eigenvalue weighted by Gasteiger charge is -2.36. The van der Waals surface area contributed by atoms with Gasteiger partial charge in [-0.2, -0.15) is 0 Å². The molecule has 174 valence electrons. The summed E-state index contributed by atoms with van der Waals surface area (Å²) in [7, 11) is -6.66. The monoisotopic (exact) mass is 469 g/mol. The summed E-state index contributed by atoms with van der Waals surface area (Å²) in [6, 6.07) is 0. The third-order valence-corrected chi connectivity index (χ3v) is 9.53. The van der Waals surface area contributed by atoms with Crippen LogP contribution in [0, 0.1) is 23.7 Å². The standard InChI is InChI=1S/C22H35N3O4S2/c1-14(2)11-18-13-25(9-10-31(28,29)17(18)5)21-12-20(24-30(6,26)27)22-16(4)15(3)7-8-19(22)23-21/h7-8,12,14,16-18,22,24H,9-11,13H2,1-6H3. The van der Waals surface area contributed by atoms with E-state index in [2.05, 4.69) is 25.5 Å². The van der Waals surface area contributed by atoms with Crippen molar-refractivity contribution < 1.29 is 16.8 Å². The first-order chi connectivity index (χ1) is 14.3. The van der Waals surface area contributed by atoms with Gasteiger partial charge in [0, 0.05) is 30.8 Å². The molecule has 4 atom stereocenters. The Morgan fingerprint density at radius 3 is 2.55 bits per heavy atom. The summed E-state index contributed by atoms with van der Waals surface area (Å²) >= 11 is 0. The van der Waals surface area contributed by atoms with E-state index in [9.17, 15) is 16.8 Å². The van der Waals surface area contributed by atoms with Crippen LogP contribution in [0.15, 0.2) is 40.2 Å². The van der Waals surface area contributed by atoms with Gasteiger partial charge >= 0.3 is 0 Å². The number of allylic oxidation sites excluding steroid dienone is 3. The van der Waals surface area contributed by atoms with Gasteiger partial charge in [0.05, 0.1) is 23.0 Å². The smallest absolute Gasteiger partial charge is 0.229 e. The molecule has 0 amide bonds. The first-order valence-corrected chi connectivity index (χ1v) is 14.5. The van der Waals surface area contributed by atoms with Crippen molar-refractivity contribution in [2.45, 2.75) is 46.3 Å². The number of sulfonamides is 1. The molecule has 2 heterocycles. The van der Waals surface area contributed by atoms with E-state index in [0.717, 1.165) is 18.4 Å². The molecule has 1 N–H and O–H groups in total. The van der Waals surface area contributed by atoms with Crippen LogP contribution >= 0.6 is 0 Å². The van der Waals surface area contributed by atoms with E-state index in [0.29, 0.717) is 30.5 Å². The zero-order chi connectivity index (χ0) is 23.1. The maximum atomic E-state index is 12.8. The number of rotatable bonds is 4. The van der Waals surface area contributed by atoms with Gasteiger partial charge in [-0.1, -0.05) is 32.4 Å². The number of sulfone groups is 1. The van der Waals surface area contributed by atoms with Crippen molar-refractivity contribution in [3.05, 3.63) is 35.2 Å². The van der Waals surface area contributed by atoms with Crippen LogP contribution in [0.1, 0.15) is 41.0 Å². The third-order valence-electron chi connectivity index (χ3n) is 6.65. The van der Waals surface area contributed by atoms with Crippen molar-refractivity contribution in [3.63, 3.8) is 0 Å². The molecule has 4 unspecified atom stereocenters. The molecule has 0 aromatic carbocycles. The van der Waals surface area contributed by atoms with Crippen LogP contribution in [-0.2, 0) is 19.9 Å². The molecule has 0 aromatic rings. The fourth-order valence-electron chi connectivity index (χ4n) is 4.71. The number of dihydropyridines is 1. The Morgan fingerprint density at radius 2 is 1.94 bits per heavy atom. The Bertz CT molecular complexity index is 1050. The summed E-state index contributed by atoms with van der Waals surface area (Å²) in [4.78, 5) is 6.89. The number of hydrogen-bond acceptors (Lipinski definition) is 6. The highest BCUT2D eigenvalue weighted by atomic mass is 32.2. The van der Waals surface area contributed by atoms with Gasteiger partial charge < -0.3 is 4.90 Å². The second kappa shape index (κ2) is 8.73. The van der Waals surface area contributed by atoms with E-state index in [1.54, 1.807) is 6.08 Å². The quantitative estimate of drug-likeness (QED) is 0.683. The number of nitrogens with one attached hydrogen (secondary N) is 1. The second-order valence-electron chi connectivity index (χ2n) is 9.62. The van der Waals surface area contributed by atoms with E-state index in [4.69, 9.17) is 4.99 Å². The van der Waals surface area contributed by atoms with Gasteiger partial charge in [0.15, 0.2) is 9.84 Å². The lowest BCUT2D eigenvalue weighted by atomic mass is 9.79. The van der Waals surface area contributed by atoms with Crippen LogP contribution in [-0.4, -0.2) is 57.9 Å². The maximum Gasteiger partial charge on any atom is 0.229 e. The highest BCUT2D eigenvalue weighted by Crippen LogP contribution is 2.39. The van der Waals surface area contributed by atoms with E-state index < -0.39 is 25.1 Å². The van der Waals surface area contributed by atoms with Gasteiger partial charge in [-0.25, -0.2) is 21.8 Å². The van der Waals surface area contributed by atoms with Crippen molar-refractivity contribution in [1.29, 1.82) is 0 Å². The molecule has 0 spiro atoms. The van der Waals surface area contributed by atoms with Gasteiger partial charge in [0.1, 0.15) is 5.84 Å². The van der Waals surface area contributed by atoms with Crippen LogP contribution in [0.3, 0.4) is 0 Å². The minimum atomic E-state index is -3.46. The van der Waals surface area contributed by atoms with Gasteiger partial charge in [0.2, 0.25) is 10.0 Å². The van der Waals surface area contributed by atoms with Crippen LogP contribution in [0.25, 0.3) is 0 Å². The maximum absolute atomic E-state index is 12.8. The van der Waals surface area contributed by atoms with Gasteiger partial charge in [-0.3, -0.25) is 4.72 Å². The fraction of sp³-hybridized carbons (Fsp3) is 0.682. The van der Waals surface area contributed by atoms with E-state index in [-0.39, 0.29) is 23.5 Å². The number of fused-ring (bicyclic) bond motifs is 1. The van der Waals surface area contributed by atoms with E-state index in [1.807, 2.05) is 30.9 Å². The summed E-state index contributed by atoms with van der Waals surface area (Å²) in [6.07, 6.45) is 7.73. The summed E-state index contributed by atoms with van der Waals surface area (Å²) in [5, 5.41) is -0.408. The number of hydrogen-bond donors (Lipinski definition) is 1. The highest BCUT2D eigenvalue weighted by Gasteiger charge is 2.38. The SMILES string of the molecule is CC1=CC=C2N=C(N3CCS(=O)(=O)C(C)C(CC(C)C)C3)C=C(NS(C)(=O)=O)C2C1C. The van der Waals surface area contributed by atoms with Crippen LogP contribution < -0.4 is 4.72 Å². The van der Waals surface area contributed by atoms with Gasteiger partial charge in [-0.05, 0) is 44.1 Å². The predicted octanol–water partition coefficient (Wildman–Crippen LogP) is 2.71. The molecule has 31 heavy (non-hydrogen) atoms. The van der Waals surface area contributed by atoms with Crippen LogP contribution in [0.2, 0.25) is 0 Å². The number of aliphatic imine (C=N–C) groups is 1. The Hall–Kier alpha value is -1.61. The lowest BCUT2D eigenvalue weighted by Crippen LogP contribution is -2.41. The molecule has 7 nitrogen and oxygen atoms in total. The number of nitrogens with zero attached hydrogens (tertiary/aromatic N) is 2. The van der Waals surface area contributed by atoms with Crippen molar-refractivity contribution in [2.75, 3.05) is 25.1 Å². The summed E-state index contributed by atoms with van der Waals surface area (Å²) in [5.41, 5.74) is 2.57. The first kappa shape index (κ1) is 24.0. The van der Waals surface area contributed by atoms with Crippen molar-refractivity contribution in [3.8, 4) is 0 Å². The summed E-state index contributed by atoms with van der Waals surface area (Å²) in [6.45, 7) is 11.1. The molecule has 2 aliphatic heterocycles. The average molecular weight is 470 g/mol. The summed E-state index contributed by atoms with van der Waals surface area (Å²) < 4.78 is 52.4. The normalized spacial score (nSPS) is 31.1. The molecule has 3 rings (SSSR count). The topological polar surface area (TPSA) is 95.9 Å². The summed E-state index contributed by atoms with van der Waals surface area (Å²) in [5.74, 6) is 1.03. The minimum Gasteiger partial charge on any atom is -0.355 e. The molecule has 0 saturated carbocycles. The Morgan fingerprint density at radius 1 is 1.26 bits per heavy atom. The molecule has 1 aliphatic carbocycles. The molecule has 0 aromatic heterocycles. The molecule has 1 saturated heterocycles. The Balaban J connectivity index is 2.02. The van der Waals surface area contributed by atoms with E-state index >= 15 is 0 Å². The van der Waals surface area contributed by atoms with Gasteiger partial charge in [0.25, 0.3) is 0 Å². The first-order valence-electron chi connectivity index (χ1n) is 10.9. The zero-order valence-electron chi connectivity index (χ0n) is 19.3. The number of amidine groups is 1. The lowest BCUT2D eigenvalue weighted by molar-refractivity contribution is 0.313. The molecule has 1 fully saturated rings. The van der Waals surface area contributed by atoms with Crippen molar-refractivity contribution >= 4 is 25.7 Å². The zero-order valence-corrected chi connectivity index (χ0v) is 20.9. The largest absolute Gasteiger partial charge is 0.355 e. The molecule has 0 bridgehead atoms. The molecule has 0 radical (unpaired) electrons. The van der Waals surface area contributed by atoms with Gasteiger partial charge in [-0.15, -0.1) is 0 Å². The highest BCUT2D eigenvalue weighted by molar-refractivity contribution is 7.92. The molecular formula is C22H35N3O4S2. The molecule has 9 heteroatoms. The predicted molar refractivity (Wildman–Crippen MR) is 126 cm³/mol. The van der Waals surface area contributed by atoms with Crippen molar-refractivity contribution in [1.82, 2.24) is 9.62 Å². The third kappa shape index (κ3) is 5.42. The molecular weight excluding hydrogens is 434 g/mol. The average Bonchev–Trinajstić information content (AvgIpc) is 2.74. The Labute approximate surface area is 187 Å². The fourth-order valence-corrected chi connectivity index (χ4v) is 6.95. The molecule has 3 aliphatic rings.